The zero-order chi connectivity index (χ0) is 11.5. The van der Waals surface area contributed by atoms with Crippen LogP contribution in [0.25, 0.3) is 0 Å². The van der Waals surface area contributed by atoms with Crippen molar-refractivity contribution in [1.82, 2.24) is 10.3 Å². The molecule has 1 heterocycles. The maximum atomic E-state index is 11.4. The lowest BCUT2D eigenvalue weighted by Gasteiger charge is -2.22. The maximum absolute atomic E-state index is 11.4. The number of carbonyl (C=O) groups excluding carboxylic acids is 1. The Bertz CT molecular complexity index is 347. The van der Waals surface area contributed by atoms with Crippen molar-refractivity contribution in [3.05, 3.63) is 16.1 Å². The summed E-state index contributed by atoms with van der Waals surface area (Å²) < 4.78 is 4.69. The fraction of sp³-hybridized carbons (Fsp3) is 0.600. The summed E-state index contributed by atoms with van der Waals surface area (Å²) in [7, 11) is 1.39. The number of hydrogen-bond acceptors (Lipinski definition) is 5. The first kappa shape index (κ1) is 12.1. The molecule has 84 valence electrons. The lowest BCUT2D eigenvalue weighted by molar-refractivity contribution is -0.147. The highest BCUT2D eigenvalue weighted by atomic mass is 32.1. The molecule has 1 aromatic heterocycles. The highest BCUT2D eigenvalue weighted by Crippen LogP contribution is 2.11. The summed E-state index contributed by atoms with van der Waals surface area (Å²) in [5.41, 5.74) is 0.335. The minimum absolute atomic E-state index is 0.268. The molecule has 0 amide bonds. The van der Waals surface area contributed by atoms with E-state index in [1.807, 2.05) is 12.3 Å². The van der Waals surface area contributed by atoms with Crippen molar-refractivity contribution < 1.29 is 9.53 Å². The monoisotopic (exact) mass is 228 g/mol. The molecule has 5 heteroatoms. The smallest absolute Gasteiger partial charge is 0.325 e. The summed E-state index contributed by atoms with van der Waals surface area (Å²) in [5, 5.41) is 6.08. The van der Waals surface area contributed by atoms with E-state index in [0.29, 0.717) is 6.54 Å². The molecule has 15 heavy (non-hydrogen) atoms. The van der Waals surface area contributed by atoms with E-state index in [0.717, 1.165) is 10.7 Å². The Hall–Kier alpha value is -0.940. The fourth-order valence-electron chi connectivity index (χ4n) is 1.11. The Balaban J connectivity index is 2.53. The molecule has 0 unspecified atom stereocenters. The van der Waals surface area contributed by atoms with Crippen LogP contribution < -0.4 is 5.32 Å². The van der Waals surface area contributed by atoms with Crippen LogP contribution in [0.3, 0.4) is 0 Å². The first-order chi connectivity index (χ1) is 6.95. The van der Waals surface area contributed by atoms with E-state index in [4.69, 9.17) is 4.74 Å². The van der Waals surface area contributed by atoms with Crippen LogP contribution in [0.1, 0.15) is 24.5 Å². The Kier molecular flexibility index (Phi) is 3.82. The molecule has 0 fully saturated rings. The predicted octanol–water partition coefficient (Wildman–Crippen LogP) is 1.49. The molecule has 1 N–H and O–H groups in total. The second kappa shape index (κ2) is 4.72. The molecule has 0 aliphatic heterocycles. The molecule has 0 aliphatic carbocycles. The Morgan fingerprint density at radius 1 is 1.67 bits per heavy atom. The second-order valence-electron chi connectivity index (χ2n) is 3.85. The number of nitrogens with one attached hydrogen (secondary N) is 1. The maximum Gasteiger partial charge on any atom is 0.325 e. The van der Waals surface area contributed by atoms with Gasteiger partial charge in [-0.3, -0.25) is 10.1 Å². The molecule has 1 rings (SSSR count). The van der Waals surface area contributed by atoms with Gasteiger partial charge in [0.25, 0.3) is 0 Å². The van der Waals surface area contributed by atoms with Crippen LogP contribution in [0.2, 0.25) is 0 Å². The molecular formula is C10H16N2O2S. The average Bonchev–Trinajstić information content (AvgIpc) is 2.60. The number of aryl methyl sites for hydroxylation is 1. The summed E-state index contributed by atoms with van der Waals surface area (Å²) in [6.07, 6.45) is 0. The van der Waals surface area contributed by atoms with E-state index in [1.54, 1.807) is 25.2 Å². The third kappa shape index (κ3) is 3.28. The molecule has 0 saturated heterocycles. The van der Waals surface area contributed by atoms with E-state index in [9.17, 15) is 4.79 Å². The minimum atomic E-state index is -0.672. The average molecular weight is 228 g/mol. The van der Waals surface area contributed by atoms with Gasteiger partial charge in [0.1, 0.15) is 10.5 Å². The predicted molar refractivity (Wildman–Crippen MR) is 59.8 cm³/mol. The number of hydrogen-bond donors (Lipinski definition) is 1. The molecule has 1 aromatic rings. The van der Waals surface area contributed by atoms with Gasteiger partial charge >= 0.3 is 5.97 Å². The number of methoxy groups -OCH3 is 1. The highest BCUT2D eigenvalue weighted by molar-refractivity contribution is 7.09. The summed E-state index contributed by atoms with van der Waals surface area (Å²) in [6, 6.07) is 0. The highest BCUT2D eigenvalue weighted by Gasteiger charge is 2.27. The molecule has 0 atom stereocenters. The molecule has 0 bridgehead atoms. The number of rotatable bonds is 4. The first-order valence-electron chi connectivity index (χ1n) is 4.70. The first-order valence-corrected chi connectivity index (χ1v) is 5.58. The molecular weight excluding hydrogens is 212 g/mol. The molecule has 0 radical (unpaired) electrons. The molecule has 0 aliphatic rings. The van der Waals surface area contributed by atoms with E-state index in [2.05, 4.69) is 10.3 Å². The number of aromatic nitrogens is 1. The molecule has 0 spiro atoms. The molecule has 0 saturated carbocycles. The third-order valence-corrected chi connectivity index (χ3v) is 3.01. The summed E-state index contributed by atoms with van der Waals surface area (Å²) in [6.45, 7) is 6.12. The van der Waals surface area contributed by atoms with E-state index < -0.39 is 5.54 Å². The van der Waals surface area contributed by atoms with Gasteiger partial charge in [0.05, 0.1) is 7.11 Å². The van der Waals surface area contributed by atoms with Crippen LogP contribution >= 0.6 is 11.3 Å². The van der Waals surface area contributed by atoms with Gasteiger partial charge in [-0.1, -0.05) is 0 Å². The van der Waals surface area contributed by atoms with Crippen molar-refractivity contribution in [3.63, 3.8) is 0 Å². The number of thiazole rings is 1. The summed E-state index contributed by atoms with van der Waals surface area (Å²) in [5.74, 6) is -0.268. The zero-order valence-electron chi connectivity index (χ0n) is 9.46. The Labute approximate surface area is 93.7 Å². The summed E-state index contributed by atoms with van der Waals surface area (Å²) in [4.78, 5) is 15.7. The van der Waals surface area contributed by atoms with Crippen LogP contribution in [0.15, 0.2) is 5.38 Å². The van der Waals surface area contributed by atoms with Gasteiger partial charge < -0.3 is 4.74 Å². The van der Waals surface area contributed by atoms with Gasteiger partial charge in [0, 0.05) is 17.6 Å². The number of esters is 1. The Morgan fingerprint density at radius 3 is 2.80 bits per heavy atom. The SMILES string of the molecule is COC(=O)C(C)(C)NCc1nc(C)cs1. The van der Waals surface area contributed by atoms with Crippen LogP contribution in [0.4, 0.5) is 0 Å². The van der Waals surface area contributed by atoms with Crippen molar-refractivity contribution >= 4 is 17.3 Å². The van der Waals surface area contributed by atoms with E-state index in [-0.39, 0.29) is 5.97 Å². The van der Waals surface area contributed by atoms with Gasteiger partial charge in [0.15, 0.2) is 0 Å². The van der Waals surface area contributed by atoms with Crippen molar-refractivity contribution in [1.29, 1.82) is 0 Å². The van der Waals surface area contributed by atoms with Gasteiger partial charge in [0.2, 0.25) is 0 Å². The normalized spacial score (nSPS) is 11.5. The number of ether oxygens (including phenoxy) is 1. The lowest BCUT2D eigenvalue weighted by atomic mass is 10.1. The minimum Gasteiger partial charge on any atom is -0.468 e. The fourth-order valence-corrected chi connectivity index (χ4v) is 1.82. The number of nitrogens with zero attached hydrogens (tertiary/aromatic N) is 1. The zero-order valence-corrected chi connectivity index (χ0v) is 10.3. The topological polar surface area (TPSA) is 51.2 Å². The van der Waals surface area contributed by atoms with Crippen LogP contribution in [0, 0.1) is 6.92 Å². The van der Waals surface area contributed by atoms with Gasteiger partial charge in [-0.2, -0.15) is 0 Å². The van der Waals surface area contributed by atoms with Gasteiger partial charge in [-0.05, 0) is 20.8 Å². The standard InChI is InChI=1S/C10H16N2O2S/c1-7-6-15-8(12-7)5-11-10(2,3)9(13)14-4/h6,11H,5H2,1-4H3. The Morgan fingerprint density at radius 2 is 2.33 bits per heavy atom. The van der Waals surface area contributed by atoms with Crippen molar-refractivity contribution in [2.75, 3.05) is 7.11 Å². The van der Waals surface area contributed by atoms with Gasteiger partial charge in [-0.25, -0.2) is 4.98 Å². The second-order valence-corrected chi connectivity index (χ2v) is 4.80. The van der Waals surface area contributed by atoms with E-state index >= 15 is 0 Å². The molecule has 0 aromatic carbocycles. The van der Waals surface area contributed by atoms with Gasteiger partial charge in [-0.15, -0.1) is 11.3 Å². The van der Waals surface area contributed by atoms with Crippen molar-refractivity contribution in [3.8, 4) is 0 Å². The van der Waals surface area contributed by atoms with Crippen molar-refractivity contribution in [2.45, 2.75) is 32.9 Å². The summed E-state index contributed by atoms with van der Waals surface area (Å²) >= 11 is 1.58. The van der Waals surface area contributed by atoms with Crippen molar-refractivity contribution in [2.24, 2.45) is 0 Å². The molecule has 4 nitrogen and oxygen atoms in total. The van der Waals surface area contributed by atoms with E-state index in [1.165, 1.54) is 7.11 Å². The number of carbonyl (C=O) groups is 1. The van der Waals surface area contributed by atoms with Crippen LogP contribution in [0.5, 0.6) is 0 Å². The van der Waals surface area contributed by atoms with Crippen LogP contribution in [-0.2, 0) is 16.1 Å². The van der Waals surface area contributed by atoms with Crippen LogP contribution in [-0.4, -0.2) is 23.6 Å². The third-order valence-electron chi connectivity index (χ3n) is 2.04. The largest absolute Gasteiger partial charge is 0.468 e. The quantitative estimate of drug-likeness (QED) is 0.793. The lowest BCUT2D eigenvalue weighted by Crippen LogP contribution is -2.46.